The number of azo groups is 1. The number of rotatable bonds is 8. The molecule has 0 atom stereocenters. The predicted molar refractivity (Wildman–Crippen MR) is 122 cm³/mol. The maximum atomic E-state index is 12.4. The van der Waals surface area contributed by atoms with E-state index in [0.717, 1.165) is 5.56 Å². The SMILES string of the molecule is COc1cc(C(=O)ONc2ccc(N=NC(=O)c3ccc(C)cc3)cc2)cc(OC)c1OC. The molecule has 0 bridgehead atoms. The number of carbonyl (C=O) groups excluding carboxylic acids is 2. The Kier molecular flexibility index (Phi) is 7.59. The molecule has 9 heteroatoms. The minimum atomic E-state index is -0.651. The van der Waals surface area contributed by atoms with E-state index in [1.807, 2.05) is 19.1 Å². The van der Waals surface area contributed by atoms with Crippen molar-refractivity contribution in [3.63, 3.8) is 0 Å². The Morgan fingerprint density at radius 2 is 1.39 bits per heavy atom. The summed E-state index contributed by atoms with van der Waals surface area (Å²) >= 11 is 0. The van der Waals surface area contributed by atoms with E-state index < -0.39 is 11.9 Å². The fraction of sp³-hybridized carbons (Fsp3) is 0.167. The highest BCUT2D eigenvalue weighted by molar-refractivity contribution is 5.94. The molecule has 0 spiro atoms. The fourth-order valence-electron chi connectivity index (χ4n) is 2.82. The molecule has 0 aliphatic carbocycles. The second kappa shape index (κ2) is 10.8. The van der Waals surface area contributed by atoms with Gasteiger partial charge >= 0.3 is 5.97 Å². The van der Waals surface area contributed by atoms with Gasteiger partial charge in [-0.3, -0.25) is 4.79 Å². The van der Waals surface area contributed by atoms with Gasteiger partial charge in [-0.15, -0.1) is 10.2 Å². The van der Waals surface area contributed by atoms with E-state index in [-0.39, 0.29) is 5.56 Å². The Morgan fingerprint density at radius 1 is 0.788 bits per heavy atom. The van der Waals surface area contributed by atoms with Crippen molar-refractivity contribution in [1.82, 2.24) is 0 Å². The highest BCUT2D eigenvalue weighted by Crippen LogP contribution is 2.38. The van der Waals surface area contributed by atoms with Crippen LogP contribution in [0.4, 0.5) is 11.4 Å². The van der Waals surface area contributed by atoms with E-state index in [1.165, 1.54) is 33.5 Å². The Hall–Kier alpha value is -4.40. The van der Waals surface area contributed by atoms with Gasteiger partial charge in [0.05, 0.1) is 38.3 Å². The van der Waals surface area contributed by atoms with Crippen LogP contribution in [0.25, 0.3) is 0 Å². The lowest BCUT2D eigenvalue weighted by molar-refractivity contribution is 0.0595. The summed E-state index contributed by atoms with van der Waals surface area (Å²) in [5.74, 6) is -0.0503. The molecular formula is C24H23N3O6. The van der Waals surface area contributed by atoms with Crippen molar-refractivity contribution < 1.29 is 28.6 Å². The number of amides is 1. The maximum Gasteiger partial charge on any atom is 0.363 e. The standard InChI is InChI=1S/C24H23N3O6/c1-15-5-7-16(8-6-15)23(28)26-25-18-9-11-19(12-10-18)27-33-24(29)17-13-20(30-2)22(32-4)21(14-17)31-3/h5-14,27H,1-4H3. The van der Waals surface area contributed by atoms with Gasteiger partial charge in [-0.1, -0.05) is 17.7 Å². The zero-order valence-electron chi connectivity index (χ0n) is 18.6. The molecule has 1 N–H and O–H groups in total. The lowest BCUT2D eigenvalue weighted by Crippen LogP contribution is -2.11. The van der Waals surface area contributed by atoms with E-state index in [1.54, 1.807) is 36.4 Å². The van der Waals surface area contributed by atoms with Crippen LogP contribution >= 0.6 is 0 Å². The second-order valence-corrected chi connectivity index (χ2v) is 6.82. The minimum Gasteiger partial charge on any atom is -0.493 e. The first-order chi connectivity index (χ1) is 15.9. The number of ether oxygens (including phenoxy) is 3. The molecule has 0 fully saturated rings. The molecule has 0 saturated heterocycles. The van der Waals surface area contributed by atoms with Crippen molar-refractivity contribution in [2.75, 3.05) is 26.8 Å². The molecule has 0 unspecified atom stereocenters. The first-order valence-electron chi connectivity index (χ1n) is 9.85. The molecule has 0 radical (unpaired) electrons. The molecule has 3 aromatic rings. The smallest absolute Gasteiger partial charge is 0.363 e. The molecule has 33 heavy (non-hydrogen) atoms. The van der Waals surface area contributed by atoms with E-state index in [0.29, 0.717) is 34.2 Å². The number of hydrogen-bond acceptors (Lipinski definition) is 8. The molecule has 0 aliphatic heterocycles. The van der Waals surface area contributed by atoms with Crippen molar-refractivity contribution in [3.05, 3.63) is 77.4 Å². The van der Waals surface area contributed by atoms with E-state index in [9.17, 15) is 9.59 Å². The topological polar surface area (TPSA) is 108 Å². The van der Waals surface area contributed by atoms with Gasteiger partial charge in [-0.05, 0) is 55.5 Å². The molecule has 0 heterocycles. The van der Waals surface area contributed by atoms with Crippen molar-refractivity contribution in [1.29, 1.82) is 0 Å². The highest BCUT2D eigenvalue weighted by Gasteiger charge is 2.18. The third-order valence-corrected chi connectivity index (χ3v) is 4.58. The van der Waals surface area contributed by atoms with Gasteiger partial charge in [-0.25, -0.2) is 10.3 Å². The number of benzene rings is 3. The number of aryl methyl sites for hydroxylation is 1. The second-order valence-electron chi connectivity index (χ2n) is 6.82. The van der Waals surface area contributed by atoms with Crippen molar-refractivity contribution in [2.45, 2.75) is 6.92 Å². The van der Waals surface area contributed by atoms with Crippen LogP contribution in [0.5, 0.6) is 17.2 Å². The number of nitrogens with one attached hydrogen (secondary N) is 1. The van der Waals surface area contributed by atoms with Gasteiger partial charge in [0.25, 0.3) is 5.91 Å². The van der Waals surface area contributed by atoms with Crippen LogP contribution in [0.15, 0.2) is 70.9 Å². The summed E-state index contributed by atoms with van der Waals surface area (Å²) in [7, 11) is 4.39. The van der Waals surface area contributed by atoms with Gasteiger partial charge in [0.1, 0.15) is 0 Å². The van der Waals surface area contributed by atoms with Gasteiger partial charge in [-0.2, -0.15) is 0 Å². The predicted octanol–water partition coefficient (Wildman–Crippen LogP) is 5.13. The average molecular weight is 449 g/mol. The number of carbonyl (C=O) groups is 2. The van der Waals surface area contributed by atoms with Crippen molar-refractivity contribution in [3.8, 4) is 17.2 Å². The third kappa shape index (κ3) is 5.85. The van der Waals surface area contributed by atoms with Crippen LogP contribution in [0, 0.1) is 6.92 Å². The first kappa shape index (κ1) is 23.3. The molecule has 1 amide bonds. The molecule has 0 saturated carbocycles. The average Bonchev–Trinajstić information content (AvgIpc) is 2.85. The Morgan fingerprint density at radius 3 is 1.94 bits per heavy atom. The molecular weight excluding hydrogens is 426 g/mol. The highest BCUT2D eigenvalue weighted by atomic mass is 16.7. The summed E-state index contributed by atoms with van der Waals surface area (Å²) in [4.78, 5) is 29.7. The monoisotopic (exact) mass is 449 g/mol. The first-order valence-corrected chi connectivity index (χ1v) is 9.85. The Balaban J connectivity index is 1.62. The molecule has 170 valence electrons. The maximum absolute atomic E-state index is 12.4. The Bertz CT molecular complexity index is 1130. The van der Waals surface area contributed by atoms with Crippen LogP contribution in [0.1, 0.15) is 26.3 Å². The van der Waals surface area contributed by atoms with E-state index in [2.05, 4.69) is 15.7 Å². The van der Waals surface area contributed by atoms with Gasteiger partial charge in [0.2, 0.25) is 5.75 Å². The van der Waals surface area contributed by atoms with Gasteiger partial charge in [0.15, 0.2) is 11.5 Å². The van der Waals surface area contributed by atoms with Crippen LogP contribution in [0.3, 0.4) is 0 Å². The largest absolute Gasteiger partial charge is 0.493 e. The third-order valence-electron chi connectivity index (χ3n) is 4.58. The molecule has 3 rings (SSSR count). The van der Waals surface area contributed by atoms with Gasteiger partial charge in [0, 0.05) is 5.56 Å². The Labute approximate surface area is 190 Å². The fourth-order valence-corrected chi connectivity index (χ4v) is 2.82. The van der Waals surface area contributed by atoms with Gasteiger partial charge < -0.3 is 19.0 Å². The number of hydrogen-bond donors (Lipinski definition) is 1. The summed E-state index contributed by atoms with van der Waals surface area (Å²) < 4.78 is 15.7. The summed E-state index contributed by atoms with van der Waals surface area (Å²) in [6, 6.07) is 16.6. The van der Waals surface area contributed by atoms with Crippen molar-refractivity contribution >= 4 is 23.3 Å². The molecule has 3 aromatic carbocycles. The molecule has 0 aromatic heterocycles. The summed E-state index contributed by atoms with van der Waals surface area (Å²) in [5.41, 5.74) is 5.26. The molecule has 9 nitrogen and oxygen atoms in total. The normalized spacial score (nSPS) is 10.5. The van der Waals surface area contributed by atoms with E-state index in [4.69, 9.17) is 19.0 Å². The van der Waals surface area contributed by atoms with Crippen LogP contribution < -0.4 is 19.7 Å². The van der Waals surface area contributed by atoms with Crippen LogP contribution in [-0.4, -0.2) is 33.2 Å². The number of nitrogens with zero attached hydrogens (tertiary/aromatic N) is 2. The zero-order chi connectivity index (χ0) is 23.8. The minimum absolute atomic E-state index is 0.206. The summed E-state index contributed by atoms with van der Waals surface area (Å²) in [6.45, 7) is 1.94. The van der Waals surface area contributed by atoms with E-state index >= 15 is 0 Å². The number of methoxy groups -OCH3 is 3. The van der Waals surface area contributed by atoms with Crippen molar-refractivity contribution in [2.24, 2.45) is 10.2 Å². The lowest BCUT2D eigenvalue weighted by Gasteiger charge is -2.14. The van der Waals surface area contributed by atoms with Crippen LogP contribution in [0.2, 0.25) is 0 Å². The lowest BCUT2D eigenvalue weighted by atomic mass is 10.1. The van der Waals surface area contributed by atoms with Crippen LogP contribution in [-0.2, 0) is 4.84 Å². The number of anilines is 1. The zero-order valence-corrected chi connectivity index (χ0v) is 18.6. The molecule has 0 aliphatic rings. The summed E-state index contributed by atoms with van der Waals surface area (Å²) in [6.07, 6.45) is 0. The summed E-state index contributed by atoms with van der Waals surface area (Å²) in [5, 5.41) is 7.67. The quantitative estimate of drug-likeness (QED) is 0.375.